The largest absolute Gasteiger partial charge is 0.494 e. The number of hydrogen-bond acceptors (Lipinski definition) is 7. The fourth-order valence-corrected chi connectivity index (χ4v) is 4.39. The third-order valence-corrected chi connectivity index (χ3v) is 6.27. The van der Waals surface area contributed by atoms with Gasteiger partial charge in [-0.15, -0.1) is 5.10 Å². The molecule has 2 aliphatic heterocycles. The fourth-order valence-electron chi connectivity index (χ4n) is 4.39. The zero-order valence-corrected chi connectivity index (χ0v) is 19.1. The zero-order chi connectivity index (χ0) is 22.9. The number of amidine groups is 1. The molecule has 1 N–H and O–H groups in total. The van der Waals surface area contributed by atoms with Crippen LogP contribution in [0.1, 0.15) is 43.5 Å². The maximum absolute atomic E-state index is 13.4. The molecule has 1 aromatic heterocycles. The number of methoxy groups -OCH3 is 1. The molecule has 0 saturated heterocycles. The molecule has 2 aromatic carbocycles. The number of hydrogen-bond donors (Lipinski definition) is 1. The van der Waals surface area contributed by atoms with Gasteiger partial charge in [0.15, 0.2) is 0 Å². The minimum Gasteiger partial charge on any atom is -0.494 e. The molecule has 172 valence electrons. The van der Waals surface area contributed by atoms with Gasteiger partial charge in [-0.25, -0.2) is 14.1 Å². The second-order valence-electron chi connectivity index (χ2n) is 8.51. The number of rotatable bonds is 5. The van der Waals surface area contributed by atoms with Crippen LogP contribution in [0.25, 0.3) is 0 Å². The van der Waals surface area contributed by atoms with Crippen LogP contribution in [-0.4, -0.2) is 46.3 Å². The quantitative estimate of drug-likeness (QED) is 0.617. The molecule has 0 aliphatic carbocycles. The lowest BCUT2D eigenvalue weighted by Gasteiger charge is -2.19. The van der Waals surface area contributed by atoms with Crippen LogP contribution >= 0.6 is 0 Å². The minimum atomic E-state index is -0.227. The van der Waals surface area contributed by atoms with E-state index in [1.807, 2.05) is 54.0 Å². The van der Waals surface area contributed by atoms with E-state index in [0.29, 0.717) is 12.6 Å². The Labute approximate surface area is 192 Å². The van der Waals surface area contributed by atoms with Crippen molar-refractivity contribution in [3.63, 3.8) is 0 Å². The first kappa shape index (κ1) is 21.2. The number of nitrogens with one attached hydrogen (secondary N) is 1. The van der Waals surface area contributed by atoms with Gasteiger partial charge in [0.25, 0.3) is 0 Å². The second kappa shape index (κ2) is 8.73. The van der Waals surface area contributed by atoms with Gasteiger partial charge in [0.1, 0.15) is 35.6 Å². The molecule has 0 spiro atoms. The van der Waals surface area contributed by atoms with Gasteiger partial charge in [-0.3, -0.25) is 0 Å². The highest BCUT2D eigenvalue weighted by Gasteiger charge is 2.25. The maximum Gasteiger partial charge on any atom is 0.246 e. The van der Waals surface area contributed by atoms with Crippen molar-refractivity contribution in [2.45, 2.75) is 38.6 Å². The Morgan fingerprint density at radius 1 is 1.12 bits per heavy atom. The van der Waals surface area contributed by atoms with E-state index in [1.54, 1.807) is 7.11 Å². The van der Waals surface area contributed by atoms with Crippen LogP contribution in [0.3, 0.4) is 0 Å². The SMILES string of the molecule is COc1cc(Nc2nc3n(n2)CCCCC3c2ccc(F)cc2)ccc1N1CN(C)C(C)=N1. The van der Waals surface area contributed by atoms with Crippen molar-refractivity contribution in [1.29, 1.82) is 0 Å². The number of halogens is 1. The summed E-state index contributed by atoms with van der Waals surface area (Å²) in [4.78, 5) is 6.90. The van der Waals surface area contributed by atoms with Crippen molar-refractivity contribution < 1.29 is 9.13 Å². The lowest BCUT2D eigenvalue weighted by atomic mass is 9.93. The molecule has 8 nitrogen and oxygen atoms in total. The first-order valence-corrected chi connectivity index (χ1v) is 11.2. The lowest BCUT2D eigenvalue weighted by Crippen LogP contribution is -2.25. The van der Waals surface area contributed by atoms with Gasteiger partial charge in [-0.05, 0) is 49.6 Å². The molecular formula is C24H28FN7O. The number of nitrogens with zero attached hydrogens (tertiary/aromatic N) is 6. The van der Waals surface area contributed by atoms with Gasteiger partial charge in [-0.1, -0.05) is 18.6 Å². The highest BCUT2D eigenvalue weighted by atomic mass is 19.1. The van der Waals surface area contributed by atoms with Crippen molar-refractivity contribution in [1.82, 2.24) is 19.7 Å². The smallest absolute Gasteiger partial charge is 0.246 e. The molecule has 5 rings (SSSR count). The van der Waals surface area contributed by atoms with E-state index in [1.165, 1.54) is 12.1 Å². The number of aromatic nitrogens is 3. The predicted octanol–water partition coefficient (Wildman–Crippen LogP) is 4.53. The van der Waals surface area contributed by atoms with Gasteiger partial charge in [-0.2, -0.15) is 10.1 Å². The molecule has 0 bridgehead atoms. The Bertz CT molecular complexity index is 1170. The van der Waals surface area contributed by atoms with Crippen molar-refractivity contribution in [2.75, 3.05) is 31.2 Å². The number of anilines is 3. The molecule has 0 radical (unpaired) electrons. The van der Waals surface area contributed by atoms with Crippen molar-refractivity contribution in [3.05, 3.63) is 59.7 Å². The summed E-state index contributed by atoms with van der Waals surface area (Å²) in [6, 6.07) is 12.6. The summed E-state index contributed by atoms with van der Waals surface area (Å²) in [5.74, 6) is 3.01. The van der Waals surface area contributed by atoms with E-state index in [0.717, 1.165) is 60.2 Å². The summed E-state index contributed by atoms with van der Waals surface area (Å²) in [5.41, 5.74) is 2.80. The molecule has 0 fully saturated rings. The molecule has 3 heterocycles. The zero-order valence-electron chi connectivity index (χ0n) is 19.1. The fraction of sp³-hybridized carbons (Fsp3) is 0.375. The van der Waals surface area contributed by atoms with E-state index >= 15 is 0 Å². The Morgan fingerprint density at radius 3 is 2.67 bits per heavy atom. The first-order chi connectivity index (χ1) is 16.0. The van der Waals surface area contributed by atoms with E-state index in [9.17, 15) is 4.39 Å². The number of fused-ring (bicyclic) bond motifs is 1. The maximum atomic E-state index is 13.4. The highest BCUT2D eigenvalue weighted by molar-refractivity contribution is 5.83. The Balaban J connectivity index is 1.40. The topological polar surface area (TPSA) is 70.8 Å². The molecule has 9 heteroatoms. The van der Waals surface area contributed by atoms with Crippen LogP contribution < -0.4 is 15.1 Å². The summed E-state index contributed by atoms with van der Waals surface area (Å²) in [6.45, 7) is 3.48. The summed E-state index contributed by atoms with van der Waals surface area (Å²) < 4.78 is 21.1. The molecule has 0 amide bonds. The molecule has 33 heavy (non-hydrogen) atoms. The number of ether oxygens (including phenoxy) is 1. The van der Waals surface area contributed by atoms with Crippen LogP contribution in [0.15, 0.2) is 47.6 Å². The van der Waals surface area contributed by atoms with Gasteiger partial charge in [0.2, 0.25) is 5.95 Å². The van der Waals surface area contributed by atoms with E-state index in [-0.39, 0.29) is 11.7 Å². The summed E-state index contributed by atoms with van der Waals surface area (Å²) in [7, 11) is 3.66. The average molecular weight is 450 g/mol. The van der Waals surface area contributed by atoms with Crippen molar-refractivity contribution in [3.8, 4) is 5.75 Å². The summed E-state index contributed by atoms with van der Waals surface area (Å²) >= 11 is 0. The van der Waals surface area contributed by atoms with Crippen molar-refractivity contribution in [2.24, 2.45) is 5.10 Å². The Kier molecular flexibility index (Phi) is 5.62. The van der Waals surface area contributed by atoms with Crippen LogP contribution in [0.2, 0.25) is 0 Å². The van der Waals surface area contributed by atoms with Crippen LogP contribution in [0, 0.1) is 5.82 Å². The van der Waals surface area contributed by atoms with Gasteiger partial charge in [0, 0.05) is 31.3 Å². The highest BCUT2D eigenvalue weighted by Crippen LogP contribution is 2.35. The van der Waals surface area contributed by atoms with Crippen LogP contribution in [-0.2, 0) is 6.54 Å². The van der Waals surface area contributed by atoms with E-state index in [4.69, 9.17) is 14.8 Å². The molecular weight excluding hydrogens is 421 g/mol. The van der Waals surface area contributed by atoms with Gasteiger partial charge < -0.3 is 15.0 Å². The van der Waals surface area contributed by atoms with Gasteiger partial charge in [0.05, 0.1) is 7.11 Å². The van der Waals surface area contributed by atoms with Crippen LogP contribution in [0.4, 0.5) is 21.7 Å². The third kappa shape index (κ3) is 4.22. The minimum absolute atomic E-state index is 0.0984. The normalized spacial score (nSPS) is 18.1. The van der Waals surface area contributed by atoms with E-state index in [2.05, 4.69) is 15.3 Å². The molecule has 0 saturated carbocycles. The van der Waals surface area contributed by atoms with E-state index < -0.39 is 0 Å². The molecule has 1 atom stereocenters. The van der Waals surface area contributed by atoms with Crippen molar-refractivity contribution >= 4 is 23.2 Å². The Hall–Kier alpha value is -3.62. The molecule has 1 unspecified atom stereocenters. The second-order valence-corrected chi connectivity index (χ2v) is 8.51. The predicted molar refractivity (Wildman–Crippen MR) is 127 cm³/mol. The number of hydrazone groups is 1. The first-order valence-electron chi connectivity index (χ1n) is 11.2. The standard InChI is InChI=1S/C24H28FN7O/c1-16-28-32(15-30(16)2)21-12-11-19(14-22(21)33-3)26-24-27-23-20(6-4-5-13-31(23)29-24)17-7-9-18(25)10-8-17/h7-12,14,20H,4-6,13,15H2,1-3H3,(H,26,29). The third-order valence-electron chi connectivity index (χ3n) is 6.27. The molecule has 3 aromatic rings. The number of aryl methyl sites for hydroxylation is 1. The molecule has 2 aliphatic rings. The van der Waals surface area contributed by atoms with Gasteiger partial charge >= 0.3 is 0 Å². The average Bonchev–Trinajstić information content (AvgIpc) is 3.30. The lowest BCUT2D eigenvalue weighted by molar-refractivity contribution is 0.413. The van der Waals surface area contributed by atoms with Crippen LogP contribution in [0.5, 0.6) is 5.75 Å². The Morgan fingerprint density at radius 2 is 1.94 bits per heavy atom. The summed E-state index contributed by atoms with van der Waals surface area (Å²) in [5, 5.41) is 14.5. The number of benzene rings is 2. The monoisotopic (exact) mass is 449 g/mol. The summed E-state index contributed by atoms with van der Waals surface area (Å²) in [6.07, 6.45) is 3.10.